The Balaban J connectivity index is 1.61. The molecule has 1 unspecified atom stereocenters. The molecule has 2 fully saturated rings. The maximum atomic E-state index is 5.40. The van der Waals surface area contributed by atoms with Gasteiger partial charge in [0.05, 0.1) is 0 Å². The molecule has 5 nitrogen and oxygen atoms in total. The van der Waals surface area contributed by atoms with Crippen LogP contribution in [0, 0.1) is 5.41 Å². The zero-order valence-electron chi connectivity index (χ0n) is 10.4. The maximum absolute atomic E-state index is 5.40. The Morgan fingerprint density at radius 1 is 1.35 bits per heavy atom. The van der Waals surface area contributed by atoms with E-state index in [2.05, 4.69) is 29.3 Å². The highest BCUT2D eigenvalue weighted by Crippen LogP contribution is 2.54. The molecule has 1 aliphatic heterocycles. The molecule has 1 N–H and O–H groups in total. The van der Waals surface area contributed by atoms with Gasteiger partial charge in [0.15, 0.2) is 5.82 Å². The SMILES string of the molecule is CC(C)c1noc(NC2CC23CCOCC3)n1. The summed E-state index contributed by atoms with van der Waals surface area (Å²) in [5, 5.41) is 7.31. The fraction of sp³-hybridized carbons (Fsp3) is 0.833. The van der Waals surface area contributed by atoms with Crippen LogP contribution in [0.2, 0.25) is 0 Å². The molecule has 1 spiro atoms. The van der Waals surface area contributed by atoms with Crippen molar-refractivity contribution in [3.05, 3.63) is 5.82 Å². The van der Waals surface area contributed by atoms with Crippen molar-refractivity contribution in [3.8, 4) is 0 Å². The highest BCUT2D eigenvalue weighted by atomic mass is 16.5. The van der Waals surface area contributed by atoms with Crippen molar-refractivity contribution in [2.24, 2.45) is 5.41 Å². The molecular formula is C12H19N3O2. The predicted octanol–water partition coefficient (Wildman–Crippen LogP) is 2.17. The van der Waals surface area contributed by atoms with Crippen LogP contribution in [-0.2, 0) is 4.74 Å². The van der Waals surface area contributed by atoms with E-state index in [0.717, 1.165) is 31.9 Å². The Bertz CT molecular complexity index is 396. The van der Waals surface area contributed by atoms with Crippen molar-refractivity contribution in [2.45, 2.75) is 45.1 Å². The van der Waals surface area contributed by atoms with Crippen molar-refractivity contribution >= 4 is 6.01 Å². The van der Waals surface area contributed by atoms with Crippen LogP contribution < -0.4 is 5.32 Å². The van der Waals surface area contributed by atoms with Gasteiger partial charge >= 0.3 is 6.01 Å². The van der Waals surface area contributed by atoms with Gasteiger partial charge in [-0.15, -0.1) is 0 Å². The minimum Gasteiger partial charge on any atom is -0.381 e. The van der Waals surface area contributed by atoms with Gasteiger partial charge in [0.2, 0.25) is 0 Å². The molecule has 1 aromatic rings. The van der Waals surface area contributed by atoms with E-state index in [0.29, 0.717) is 23.4 Å². The summed E-state index contributed by atoms with van der Waals surface area (Å²) >= 11 is 0. The van der Waals surface area contributed by atoms with Gasteiger partial charge in [0, 0.05) is 25.2 Å². The Morgan fingerprint density at radius 2 is 2.12 bits per heavy atom. The van der Waals surface area contributed by atoms with E-state index in [1.165, 1.54) is 6.42 Å². The Hall–Kier alpha value is -1.10. The van der Waals surface area contributed by atoms with E-state index in [1.807, 2.05) is 0 Å². The number of hydrogen-bond donors (Lipinski definition) is 1. The molecule has 0 bridgehead atoms. The van der Waals surface area contributed by atoms with Gasteiger partial charge < -0.3 is 14.6 Å². The lowest BCUT2D eigenvalue weighted by Gasteiger charge is -2.22. The van der Waals surface area contributed by atoms with E-state index >= 15 is 0 Å². The lowest BCUT2D eigenvalue weighted by atomic mass is 9.96. The van der Waals surface area contributed by atoms with Crippen molar-refractivity contribution in [2.75, 3.05) is 18.5 Å². The topological polar surface area (TPSA) is 60.2 Å². The number of hydrogen-bond acceptors (Lipinski definition) is 5. The zero-order valence-corrected chi connectivity index (χ0v) is 10.4. The second kappa shape index (κ2) is 3.98. The summed E-state index contributed by atoms with van der Waals surface area (Å²) < 4.78 is 10.6. The second-order valence-electron chi connectivity index (χ2n) is 5.49. The third-order valence-electron chi connectivity index (χ3n) is 3.93. The van der Waals surface area contributed by atoms with Crippen LogP contribution in [0.4, 0.5) is 6.01 Å². The molecule has 94 valence electrons. The van der Waals surface area contributed by atoms with E-state index < -0.39 is 0 Å². The van der Waals surface area contributed by atoms with Crippen molar-refractivity contribution in [1.29, 1.82) is 0 Å². The smallest absolute Gasteiger partial charge is 0.321 e. The third kappa shape index (κ3) is 2.04. The first-order valence-electron chi connectivity index (χ1n) is 6.37. The van der Waals surface area contributed by atoms with E-state index in [-0.39, 0.29) is 0 Å². The molecule has 2 heterocycles. The molecule has 1 aliphatic carbocycles. The van der Waals surface area contributed by atoms with Crippen LogP contribution in [0.1, 0.15) is 44.9 Å². The molecule has 0 aromatic carbocycles. The number of rotatable bonds is 3. The normalized spacial score (nSPS) is 26.4. The number of nitrogens with zero attached hydrogens (tertiary/aromatic N) is 2. The average Bonchev–Trinajstić information content (AvgIpc) is 2.78. The molecule has 0 amide bonds. The van der Waals surface area contributed by atoms with E-state index in [1.54, 1.807) is 0 Å². The summed E-state index contributed by atoms with van der Waals surface area (Å²) in [5.41, 5.74) is 0.435. The number of nitrogens with one attached hydrogen (secondary N) is 1. The fourth-order valence-corrected chi connectivity index (χ4v) is 2.56. The monoisotopic (exact) mass is 237 g/mol. The molecule has 3 rings (SSSR count). The quantitative estimate of drug-likeness (QED) is 0.873. The second-order valence-corrected chi connectivity index (χ2v) is 5.49. The van der Waals surface area contributed by atoms with Crippen LogP contribution in [0.5, 0.6) is 0 Å². The largest absolute Gasteiger partial charge is 0.381 e. The summed E-state index contributed by atoms with van der Waals surface area (Å²) in [6, 6.07) is 1.06. The fourth-order valence-electron chi connectivity index (χ4n) is 2.56. The van der Waals surface area contributed by atoms with Crippen LogP contribution in [0.25, 0.3) is 0 Å². The zero-order chi connectivity index (χ0) is 11.9. The standard InChI is InChI=1S/C12H19N3O2/c1-8(2)10-14-11(17-15-10)13-9-7-12(9)3-5-16-6-4-12/h8-9H,3-7H2,1-2H3,(H,13,14,15). The molecule has 0 radical (unpaired) electrons. The third-order valence-corrected chi connectivity index (χ3v) is 3.93. The van der Waals surface area contributed by atoms with Crippen LogP contribution in [0.15, 0.2) is 4.52 Å². The van der Waals surface area contributed by atoms with Gasteiger partial charge in [0.25, 0.3) is 0 Å². The summed E-state index contributed by atoms with van der Waals surface area (Å²) in [4.78, 5) is 4.35. The Labute approximate surface area is 101 Å². The van der Waals surface area contributed by atoms with Gasteiger partial charge in [0.1, 0.15) is 0 Å². The van der Waals surface area contributed by atoms with Crippen molar-refractivity contribution in [3.63, 3.8) is 0 Å². The number of aromatic nitrogens is 2. The first-order valence-corrected chi connectivity index (χ1v) is 6.37. The summed E-state index contributed by atoms with van der Waals surface area (Å²) in [5.74, 6) is 1.08. The molecular weight excluding hydrogens is 218 g/mol. The van der Waals surface area contributed by atoms with Gasteiger partial charge in [-0.05, 0) is 24.7 Å². The molecule has 1 aromatic heterocycles. The minimum absolute atomic E-state index is 0.311. The molecule has 1 saturated heterocycles. The number of ether oxygens (including phenoxy) is 1. The lowest BCUT2D eigenvalue weighted by molar-refractivity contribution is 0.0566. The molecule has 5 heteroatoms. The highest BCUT2D eigenvalue weighted by Gasteiger charge is 2.54. The highest BCUT2D eigenvalue weighted by molar-refractivity contribution is 5.29. The lowest BCUT2D eigenvalue weighted by Crippen LogP contribution is -2.23. The number of anilines is 1. The molecule has 1 saturated carbocycles. The summed E-state index contributed by atoms with van der Waals surface area (Å²) in [6.45, 7) is 5.90. The maximum Gasteiger partial charge on any atom is 0.321 e. The summed E-state index contributed by atoms with van der Waals surface area (Å²) in [6.07, 6.45) is 3.50. The van der Waals surface area contributed by atoms with Crippen LogP contribution in [-0.4, -0.2) is 29.4 Å². The van der Waals surface area contributed by atoms with Crippen molar-refractivity contribution in [1.82, 2.24) is 10.1 Å². The van der Waals surface area contributed by atoms with Crippen LogP contribution in [0.3, 0.4) is 0 Å². The molecule has 17 heavy (non-hydrogen) atoms. The summed E-state index contributed by atoms with van der Waals surface area (Å²) in [7, 11) is 0. The van der Waals surface area contributed by atoms with E-state index in [4.69, 9.17) is 9.26 Å². The van der Waals surface area contributed by atoms with Gasteiger partial charge in [-0.3, -0.25) is 0 Å². The minimum atomic E-state index is 0.311. The Kier molecular flexibility index (Phi) is 2.58. The first-order chi connectivity index (χ1) is 8.20. The van der Waals surface area contributed by atoms with Crippen LogP contribution >= 0.6 is 0 Å². The molecule has 1 atom stereocenters. The van der Waals surface area contributed by atoms with E-state index in [9.17, 15) is 0 Å². The Morgan fingerprint density at radius 3 is 2.76 bits per heavy atom. The van der Waals surface area contributed by atoms with Gasteiger partial charge in [-0.1, -0.05) is 19.0 Å². The predicted molar refractivity (Wildman–Crippen MR) is 62.9 cm³/mol. The van der Waals surface area contributed by atoms with Gasteiger partial charge in [-0.2, -0.15) is 4.98 Å². The molecule has 2 aliphatic rings. The average molecular weight is 237 g/mol. The van der Waals surface area contributed by atoms with Gasteiger partial charge in [-0.25, -0.2) is 0 Å². The first kappa shape index (κ1) is 11.0. The van der Waals surface area contributed by atoms with Crippen molar-refractivity contribution < 1.29 is 9.26 Å².